The van der Waals surface area contributed by atoms with Gasteiger partial charge >= 0.3 is 0 Å². The third-order valence-electron chi connectivity index (χ3n) is 3.45. The van der Waals surface area contributed by atoms with Crippen molar-refractivity contribution >= 4 is 0 Å². The molecule has 0 spiro atoms. The Morgan fingerprint density at radius 3 is 2.24 bits per heavy atom. The summed E-state index contributed by atoms with van der Waals surface area (Å²) in [6.07, 6.45) is 3.51. The number of phenols is 1. The molecule has 0 saturated carbocycles. The van der Waals surface area contributed by atoms with Crippen LogP contribution >= 0.6 is 0 Å². The number of aromatic hydroxyl groups is 1. The molecule has 1 unspecified atom stereocenters. The summed E-state index contributed by atoms with van der Waals surface area (Å²) in [5.74, 6) is 0.347. The van der Waals surface area contributed by atoms with E-state index in [2.05, 4.69) is 26.1 Å². The van der Waals surface area contributed by atoms with Crippen molar-refractivity contribution in [3.8, 4) is 5.75 Å². The van der Waals surface area contributed by atoms with Crippen LogP contribution in [0.2, 0.25) is 0 Å². The van der Waals surface area contributed by atoms with Gasteiger partial charge in [-0.05, 0) is 48.9 Å². The fourth-order valence-electron chi connectivity index (χ4n) is 2.86. The summed E-state index contributed by atoms with van der Waals surface area (Å²) in [5, 5.41) is 12.9. The Balaban J connectivity index is 2.07. The number of phenolic OH excluding ortho intramolecular Hbond substituents is 1. The first kappa shape index (κ1) is 12.4. The zero-order valence-electron chi connectivity index (χ0n) is 11.1. The van der Waals surface area contributed by atoms with Crippen LogP contribution in [0.1, 0.15) is 39.2 Å². The second kappa shape index (κ2) is 4.34. The minimum atomic E-state index is 0.273. The molecule has 94 valence electrons. The van der Waals surface area contributed by atoms with Gasteiger partial charge < -0.3 is 10.4 Å². The molecule has 0 bridgehead atoms. The van der Waals surface area contributed by atoms with E-state index in [1.807, 2.05) is 12.1 Å². The summed E-state index contributed by atoms with van der Waals surface area (Å²) in [6.45, 7) is 8.02. The van der Waals surface area contributed by atoms with Gasteiger partial charge in [-0.25, -0.2) is 0 Å². The van der Waals surface area contributed by atoms with E-state index in [1.165, 1.54) is 18.4 Å². The van der Waals surface area contributed by atoms with Crippen molar-refractivity contribution < 1.29 is 5.11 Å². The first-order chi connectivity index (χ1) is 7.89. The SMILES string of the molecule is CC(C)(C)CC1(Cc2ccc(O)cc2)CCN1. The predicted octanol–water partition coefficient (Wildman–Crippen LogP) is 3.10. The van der Waals surface area contributed by atoms with Crippen LogP contribution in [0.3, 0.4) is 0 Å². The molecule has 1 aliphatic heterocycles. The maximum Gasteiger partial charge on any atom is 0.115 e. The van der Waals surface area contributed by atoms with Gasteiger partial charge in [-0.1, -0.05) is 32.9 Å². The molecular formula is C15H23NO. The van der Waals surface area contributed by atoms with Gasteiger partial charge in [-0.2, -0.15) is 0 Å². The quantitative estimate of drug-likeness (QED) is 0.841. The molecule has 1 fully saturated rings. The van der Waals surface area contributed by atoms with E-state index in [1.54, 1.807) is 12.1 Å². The summed E-state index contributed by atoms with van der Waals surface area (Å²) < 4.78 is 0. The second-order valence-corrected chi connectivity index (χ2v) is 6.54. The molecule has 2 N–H and O–H groups in total. The molecule has 0 radical (unpaired) electrons. The van der Waals surface area contributed by atoms with Crippen molar-refractivity contribution in [3.63, 3.8) is 0 Å². The van der Waals surface area contributed by atoms with Gasteiger partial charge in [-0.3, -0.25) is 0 Å². The van der Waals surface area contributed by atoms with Gasteiger partial charge in [0.1, 0.15) is 5.75 Å². The van der Waals surface area contributed by atoms with Crippen LogP contribution in [0.15, 0.2) is 24.3 Å². The standard InChI is InChI=1S/C15H23NO/c1-14(2,3)11-15(8-9-16-15)10-12-4-6-13(17)7-5-12/h4-7,16-17H,8-11H2,1-3H3. The number of hydrogen-bond donors (Lipinski definition) is 2. The Bertz CT molecular complexity index is 371. The summed E-state index contributed by atoms with van der Waals surface area (Å²) in [5.41, 5.74) is 1.93. The Hall–Kier alpha value is -1.02. The summed E-state index contributed by atoms with van der Waals surface area (Å²) >= 11 is 0. The van der Waals surface area contributed by atoms with Crippen molar-refractivity contribution in [1.29, 1.82) is 0 Å². The zero-order chi connectivity index (χ0) is 12.5. The van der Waals surface area contributed by atoms with Crippen molar-refractivity contribution in [2.75, 3.05) is 6.54 Å². The number of hydrogen-bond acceptors (Lipinski definition) is 2. The minimum Gasteiger partial charge on any atom is -0.508 e. The maximum absolute atomic E-state index is 9.30. The van der Waals surface area contributed by atoms with E-state index >= 15 is 0 Å². The maximum atomic E-state index is 9.30. The molecular weight excluding hydrogens is 210 g/mol. The van der Waals surface area contributed by atoms with Gasteiger partial charge in [0.2, 0.25) is 0 Å². The Morgan fingerprint density at radius 2 is 1.82 bits per heavy atom. The van der Waals surface area contributed by atoms with E-state index in [0.29, 0.717) is 11.2 Å². The van der Waals surface area contributed by atoms with Crippen LogP contribution < -0.4 is 5.32 Å². The highest BCUT2D eigenvalue weighted by Gasteiger charge is 2.39. The van der Waals surface area contributed by atoms with Gasteiger partial charge in [0, 0.05) is 5.54 Å². The Morgan fingerprint density at radius 1 is 1.24 bits per heavy atom. The molecule has 17 heavy (non-hydrogen) atoms. The van der Waals surface area contributed by atoms with Gasteiger partial charge in [0.25, 0.3) is 0 Å². The van der Waals surface area contributed by atoms with Gasteiger partial charge in [0.05, 0.1) is 0 Å². The lowest BCUT2D eigenvalue weighted by Gasteiger charge is -2.47. The molecule has 1 aromatic rings. The topological polar surface area (TPSA) is 32.3 Å². The van der Waals surface area contributed by atoms with Crippen LogP contribution in [0, 0.1) is 5.41 Å². The van der Waals surface area contributed by atoms with Crippen LogP contribution in [0.25, 0.3) is 0 Å². The van der Waals surface area contributed by atoms with Crippen molar-refractivity contribution in [3.05, 3.63) is 29.8 Å². The first-order valence-electron chi connectivity index (χ1n) is 6.42. The molecule has 2 heteroatoms. The number of rotatable bonds is 3. The fraction of sp³-hybridized carbons (Fsp3) is 0.600. The number of nitrogens with one attached hydrogen (secondary N) is 1. The zero-order valence-corrected chi connectivity index (χ0v) is 11.1. The van der Waals surface area contributed by atoms with Crippen LogP contribution in [0.5, 0.6) is 5.75 Å². The molecule has 0 aliphatic carbocycles. The normalized spacial score (nSPS) is 24.4. The van der Waals surface area contributed by atoms with E-state index in [4.69, 9.17) is 0 Å². The average molecular weight is 233 g/mol. The van der Waals surface area contributed by atoms with Crippen molar-refractivity contribution in [1.82, 2.24) is 5.32 Å². The molecule has 1 heterocycles. The monoisotopic (exact) mass is 233 g/mol. The van der Waals surface area contributed by atoms with E-state index in [0.717, 1.165) is 13.0 Å². The molecule has 2 nitrogen and oxygen atoms in total. The number of benzene rings is 1. The molecule has 1 atom stereocenters. The lowest BCUT2D eigenvalue weighted by molar-refractivity contribution is 0.132. The summed E-state index contributed by atoms with van der Waals surface area (Å²) in [4.78, 5) is 0. The molecule has 1 saturated heterocycles. The van der Waals surface area contributed by atoms with Crippen molar-refractivity contribution in [2.24, 2.45) is 5.41 Å². The Labute approximate surface area is 104 Å². The molecule has 1 aromatic carbocycles. The highest BCUT2D eigenvalue weighted by atomic mass is 16.3. The lowest BCUT2D eigenvalue weighted by atomic mass is 9.71. The molecule has 0 aromatic heterocycles. The first-order valence-corrected chi connectivity index (χ1v) is 6.42. The highest BCUT2D eigenvalue weighted by Crippen LogP contribution is 2.36. The predicted molar refractivity (Wildman–Crippen MR) is 71.2 cm³/mol. The molecule has 0 amide bonds. The second-order valence-electron chi connectivity index (χ2n) is 6.54. The van der Waals surface area contributed by atoms with Crippen molar-refractivity contribution in [2.45, 2.75) is 45.6 Å². The highest BCUT2D eigenvalue weighted by molar-refractivity contribution is 5.28. The van der Waals surface area contributed by atoms with E-state index in [9.17, 15) is 5.11 Å². The minimum absolute atomic E-state index is 0.273. The molecule has 1 aliphatic rings. The van der Waals surface area contributed by atoms with E-state index in [-0.39, 0.29) is 5.54 Å². The third-order valence-corrected chi connectivity index (χ3v) is 3.45. The smallest absolute Gasteiger partial charge is 0.115 e. The van der Waals surface area contributed by atoms with Gasteiger partial charge in [-0.15, -0.1) is 0 Å². The Kier molecular flexibility index (Phi) is 3.17. The fourth-order valence-corrected chi connectivity index (χ4v) is 2.86. The van der Waals surface area contributed by atoms with Crippen LogP contribution in [-0.4, -0.2) is 17.2 Å². The summed E-state index contributed by atoms with van der Waals surface area (Å²) in [7, 11) is 0. The third kappa shape index (κ3) is 3.22. The summed E-state index contributed by atoms with van der Waals surface area (Å²) in [6, 6.07) is 7.61. The van der Waals surface area contributed by atoms with Gasteiger partial charge in [0.15, 0.2) is 0 Å². The lowest BCUT2D eigenvalue weighted by Crippen LogP contribution is -2.59. The van der Waals surface area contributed by atoms with Crippen LogP contribution in [0.4, 0.5) is 0 Å². The van der Waals surface area contributed by atoms with Crippen LogP contribution in [-0.2, 0) is 6.42 Å². The molecule has 2 rings (SSSR count). The van der Waals surface area contributed by atoms with E-state index < -0.39 is 0 Å². The largest absolute Gasteiger partial charge is 0.508 e. The average Bonchev–Trinajstić information content (AvgIpc) is 2.16.